The van der Waals surface area contributed by atoms with E-state index < -0.39 is 5.91 Å². The summed E-state index contributed by atoms with van der Waals surface area (Å²) in [5, 5.41) is 12.3. The van der Waals surface area contributed by atoms with E-state index in [0.717, 1.165) is 19.3 Å². The third kappa shape index (κ3) is 5.64. The van der Waals surface area contributed by atoms with Crippen LogP contribution in [0.15, 0.2) is 29.8 Å². The van der Waals surface area contributed by atoms with E-state index in [2.05, 4.69) is 12.2 Å². The quantitative estimate of drug-likeness (QED) is 0.611. The van der Waals surface area contributed by atoms with Crippen LogP contribution < -0.4 is 15.8 Å². The van der Waals surface area contributed by atoms with Crippen molar-refractivity contribution >= 4 is 17.9 Å². The highest BCUT2D eigenvalue weighted by atomic mass is 16.5. The summed E-state index contributed by atoms with van der Waals surface area (Å²) in [6.45, 7) is 1.94. The molecule has 3 N–H and O–H groups in total. The van der Waals surface area contributed by atoms with Gasteiger partial charge in [-0.25, -0.2) is 0 Å². The minimum absolute atomic E-state index is 0.0728. The molecule has 2 amide bonds. The van der Waals surface area contributed by atoms with Crippen LogP contribution >= 0.6 is 0 Å². The van der Waals surface area contributed by atoms with E-state index in [1.54, 1.807) is 30.3 Å². The Balaban J connectivity index is 2.02. The number of hydrogen-bond acceptors (Lipinski definition) is 4. The molecule has 1 aliphatic carbocycles. The molecule has 6 heteroatoms. The van der Waals surface area contributed by atoms with Gasteiger partial charge >= 0.3 is 0 Å². The average Bonchev–Trinajstić information content (AvgIpc) is 2.60. The average molecular weight is 341 g/mol. The van der Waals surface area contributed by atoms with E-state index in [4.69, 9.17) is 10.5 Å². The van der Waals surface area contributed by atoms with Crippen LogP contribution in [-0.2, 0) is 9.59 Å². The summed E-state index contributed by atoms with van der Waals surface area (Å²) in [4.78, 5) is 23.1. The maximum atomic E-state index is 12.4. The molecule has 1 aliphatic rings. The summed E-state index contributed by atoms with van der Waals surface area (Å²) in [7, 11) is 0. The molecular weight excluding hydrogens is 318 g/mol. The third-order valence-electron chi connectivity index (χ3n) is 4.37. The second-order valence-electron chi connectivity index (χ2n) is 6.34. The van der Waals surface area contributed by atoms with Crippen molar-refractivity contribution in [3.63, 3.8) is 0 Å². The Bertz CT molecular complexity index is 689. The molecule has 0 radical (unpaired) electrons. The summed E-state index contributed by atoms with van der Waals surface area (Å²) in [5.41, 5.74) is 5.80. The molecule has 1 fully saturated rings. The number of nitrogens with two attached hydrogens (primary N) is 1. The normalized spacial score (nSPS) is 20.4. The van der Waals surface area contributed by atoms with Crippen molar-refractivity contribution in [3.8, 4) is 11.8 Å². The largest absolute Gasteiger partial charge is 0.484 e. The summed E-state index contributed by atoms with van der Waals surface area (Å²) in [6.07, 6.45) is 5.90. The van der Waals surface area contributed by atoms with Crippen LogP contribution in [0.4, 0.5) is 0 Å². The van der Waals surface area contributed by atoms with Crippen molar-refractivity contribution in [2.24, 2.45) is 11.7 Å². The van der Waals surface area contributed by atoms with E-state index in [0.29, 0.717) is 17.2 Å². The smallest absolute Gasteiger partial charge is 0.262 e. The van der Waals surface area contributed by atoms with Crippen LogP contribution in [0.2, 0.25) is 0 Å². The first-order chi connectivity index (χ1) is 12.0. The van der Waals surface area contributed by atoms with Crippen LogP contribution in [0, 0.1) is 17.2 Å². The van der Waals surface area contributed by atoms with Gasteiger partial charge in [0.1, 0.15) is 17.4 Å². The lowest BCUT2D eigenvalue weighted by Gasteiger charge is -2.29. The lowest BCUT2D eigenvalue weighted by Crippen LogP contribution is -2.41. The lowest BCUT2D eigenvalue weighted by molar-refractivity contribution is -0.120. The number of benzene rings is 1. The highest BCUT2D eigenvalue weighted by Crippen LogP contribution is 2.24. The van der Waals surface area contributed by atoms with Gasteiger partial charge < -0.3 is 15.8 Å². The molecule has 0 aromatic heterocycles. The van der Waals surface area contributed by atoms with Gasteiger partial charge in [0.05, 0.1) is 0 Å². The Labute approximate surface area is 147 Å². The van der Waals surface area contributed by atoms with Crippen LogP contribution in [0.3, 0.4) is 0 Å². The standard InChI is InChI=1S/C19H23N3O3/c1-13-4-2-3-5-17(13)22-19(24)15(11-20)10-14-6-8-16(9-7-14)25-12-18(21)23/h6-10,13,17H,2-5,12H2,1H3,(H2,21,23)(H,22,24). The summed E-state index contributed by atoms with van der Waals surface area (Å²) in [5.74, 6) is 0.0360. The number of ether oxygens (including phenoxy) is 1. The number of carbonyl (C=O) groups is 2. The second-order valence-corrected chi connectivity index (χ2v) is 6.34. The highest BCUT2D eigenvalue weighted by Gasteiger charge is 2.23. The van der Waals surface area contributed by atoms with Gasteiger partial charge in [-0.2, -0.15) is 5.26 Å². The van der Waals surface area contributed by atoms with E-state index in [-0.39, 0.29) is 24.1 Å². The fourth-order valence-corrected chi connectivity index (χ4v) is 2.91. The minimum atomic E-state index is -0.552. The number of nitrogens with one attached hydrogen (secondary N) is 1. The maximum absolute atomic E-state index is 12.4. The van der Waals surface area contributed by atoms with Gasteiger partial charge in [0.15, 0.2) is 6.61 Å². The van der Waals surface area contributed by atoms with Crippen molar-refractivity contribution in [2.75, 3.05) is 6.61 Å². The van der Waals surface area contributed by atoms with Gasteiger partial charge in [-0.15, -0.1) is 0 Å². The SMILES string of the molecule is CC1CCCCC1NC(=O)C(C#N)=Cc1ccc(OCC(N)=O)cc1. The maximum Gasteiger partial charge on any atom is 0.262 e. The van der Waals surface area contributed by atoms with E-state index >= 15 is 0 Å². The molecule has 0 spiro atoms. The number of carbonyl (C=O) groups excluding carboxylic acids is 2. The summed E-state index contributed by atoms with van der Waals surface area (Å²) >= 11 is 0. The zero-order chi connectivity index (χ0) is 18.2. The molecule has 0 aliphatic heterocycles. The zero-order valence-electron chi connectivity index (χ0n) is 14.3. The number of primary amides is 1. The van der Waals surface area contributed by atoms with Gasteiger partial charge in [-0.3, -0.25) is 9.59 Å². The Kier molecular flexibility index (Phi) is 6.58. The van der Waals surface area contributed by atoms with Gasteiger partial charge in [0.2, 0.25) is 0 Å². The molecule has 2 atom stereocenters. The Morgan fingerprint density at radius 3 is 2.60 bits per heavy atom. The minimum Gasteiger partial charge on any atom is -0.484 e. The van der Waals surface area contributed by atoms with Crippen molar-refractivity contribution in [1.82, 2.24) is 5.32 Å². The van der Waals surface area contributed by atoms with Gasteiger partial charge in [-0.05, 0) is 42.5 Å². The predicted octanol–water partition coefficient (Wildman–Crippen LogP) is 2.15. The van der Waals surface area contributed by atoms with Crippen molar-refractivity contribution in [3.05, 3.63) is 35.4 Å². The fraction of sp³-hybridized carbons (Fsp3) is 0.421. The van der Waals surface area contributed by atoms with Gasteiger partial charge in [-0.1, -0.05) is 31.9 Å². The first-order valence-electron chi connectivity index (χ1n) is 8.43. The number of amides is 2. The first kappa shape index (κ1) is 18.5. The van der Waals surface area contributed by atoms with Crippen molar-refractivity contribution in [1.29, 1.82) is 5.26 Å². The van der Waals surface area contributed by atoms with Crippen molar-refractivity contribution < 1.29 is 14.3 Å². The van der Waals surface area contributed by atoms with Gasteiger partial charge in [0, 0.05) is 6.04 Å². The number of nitriles is 1. The zero-order valence-corrected chi connectivity index (χ0v) is 14.3. The molecule has 1 aromatic carbocycles. The molecule has 6 nitrogen and oxygen atoms in total. The third-order valence-corrected chi connectivity index (χ3v) is 4.37. The highest BCUT2D eigenvalue weighted by molar-refractivity contribution is 6.01. The molecule has 1 aromatic rings. The molecule has 0 heterocycles. The van der Waals surface area contributed by atoms with Gasteiger partial charge in [0.25, 0.3) is 11.8 Å². The van der Waals surface area contributed by atoms with Crippen LogP contribution in [0.25, 0.3) is 6.08 Å². The molecular formula is C19H23N3O3. The first-order valence-corrected chi connectivity index (χ1v) is 8.43. The van der Waals surface area contributed by atoms with E-state index in [1.807, 2.05) is 6.07 Å². The predicted molar refractivity (Wildman–Crippen MR) is 94.3 cm³/mol. The second kappa shape index (κ2) is 8.88. The topological polar surface area (TPSA) is 105 Å². The molecule has 2 rings (SSSR count). The Hall–Kier alpha value is -2.81. The van der Waals surface area contributed by atoms with Crippen LogP contribution in [0.5, 0.6) is 5.75 Å². The molecule has 2 unspecified atom stereocenters. The molecule has 132 valence electrons. The molecule has 1 saturated carbocycles. The number of hydrogen-bond donors (Lipinski definition) is 2. The number of nitrogens with zero attached hydrogens (tertiary/aromatic N) is 1. The van der Waals surface area contributed by atoms with Crippen LogP contribution in [-0.4, -0.2) is 24.5 Å². The van der Waals surface area contributed by atoms with Crippen molar-refractivity contribution in [2.45, 2.75) is 38.6 Å². The summed E-state index contributed by atoms with van der Waals surface area (Å²) < 4.78 is 5.17. The van der Waals surface area contributed by atoms with E-state index in [1.165, 1.54) is 6.42 Å². The Morgan fingerprint density at radius 1 is 1.32 bits per heavy atom. The van der Waals surface area contributed by atoms with E-state index in [9.17, 15) is 14.9 Å². The van der Waals surface area contributed by atoms with Crippen LogP contribution in [0.1, 0.15) is 38.2 Å². The fourth-order valence-electron chi connectivity index (χ4n) is 2.91. The Morgan fingerprint density at radius 2 is 2.00 bits per heavy atom. The monoisotopic (exact) mass is 341 g/mol. The molecule has 0 saturated heterocycles. The lowest BCUT2D eigenvalue weighted by atomic mass is 9.86. The number of rotatable bonds is 6. The molecule has 25 heavy (non-hydrogen) atoms. The molecule has 0 bridgehead atoms. The summed E-state index contributed by atoms with van der Waals surface area (Å²) in [6, 6.07) is 8.83.